The summed E-state index contributed by atoms with van der Waals surface area (Å²) < 4.78 is 0. The van der Waals surface area contributed by atoms with Crippen molar-refractivity contribution in [1.82, 2.24) is 15.0 Å². The van der Waals surface area contributed by atoms with Crippen LogP contribution in [0.2, 0.25) is 0 Å². The van der Waals surface area contributed by atoms with Gasteiger partial charge in [0.2, 0.25) is 5.95 Å². The summed E-state index contributed by atoms with van der Waals surface area (Å²) in [5.41, 5.74) is 8.72. The Bertz CT molecular complexity index is 2580. The smallest absolute Gasteiger partial charge is 0.323 e. The number of aromatic nitrogens is 3. The number of fused-ring (bicyclic) bond motifs is 2. The number of benzene rings is 4. The monoisotopic (exact) mass is 783 g/mol. The third kappa shape index (κ3) is 8.15. The predicted octanol–water partition coefficient (Wildman–Crippen LogP) is 8.86. The minimum atomic E-state index is -0.602. The minimum Gasteiger partial charge on any atom is -0.323 e. The standard InChI is InChI=1S/C47H45N9O3/c1-29(2)22-39-45(58)55(27-32-12-8-6-9-13-32)41-23-34(18-21-38(41)42(52-39)33-14-10-7-11-15-33)44(57)50-36-19-16-30(3)40(24-36)56-28-35-25-49-46(53-43(35)54(5)47(56)59)51-37-20-17-31(4)48-26-37/h6-21,23-26,29,39H,22,27-28H2,1-5H3,(H,50,57)(H,49,51,53). The van der Waals surface area contributed by atoms with Gasteiger partial charge in [0.15, 0.2) is 0 Å². The van der Waals surface area contributed by atoms with Gasteiger partial charge in [0.25, 0.3) is 11.8 Å². The molecule has 59 heavy (non-hydrogen) atoms. The van der Waals surface area contributed by atoms with Crippen LogP contribution in [0.4, 0.5) is 39.3 Å². The van der Waals surface area contributed by atoms with Gasteiger partial charge in [-0.1, -0.05) is 80.6 Å². The van der Waals surface area contributed by atoms with Crippen LogP contribution in [-0.4, -0.2) is 51.6 Å². The molecule has 296 valence electrons. The Labute approximate surface area is 343 Å². The van der Waals surface area contributed by atoms with Crippen molar-refractivity contribution < 1.29 is 14.4 Å². The predicted molar refractivity (Wildman–Crippen MR) is 233 cm³/mol. The van der Waals surface area contributed by atoms with Gasteiger partial charge < -0.3 is 15.5 Å². The van der Waals surface area contributed by atoms with Crippen LogP contribution < -0.4 is 25.3 Å². The molecule has 4 heterocycles. The Kier molecular flexibility index (Phi) is 10.7. The molecule has 2 aliphatic heterocycles. The van der Waals surface area contributed by atoms with Crippen LogP contribution in [-0.2, 0) is 17.9 Å². The second-order valence-electron chi connectivity index (χ2n) is 15.4. The van der Waals surface area contributed by atoms with Gasteiger partial charge in [-0.2, -0.15) is 4.98 Å². The maximum atomic E-state index is 14.5. The number of hydrogen-bond donors (Lipinski definition) is 2. The van der Waals surface area contributed by atoms with Gasteiger partial charge in [-0.25, -0.2) is 9.78 Å². The van der Waals surface area contributed by atoms with E-state index in [2.05, 4.69) is 39.4 Å². The summed E-state index contributed by atoms with van der Waals surface area (Å²) in [4.78, 5) is 66.1. The number of anilines is 6. The fourth-order valence-electron chi connectivity index (χ4n) is 7.44. The van der Waals surface area contributed by atoms with E-state index in [0.717, 1.165) is 39.2 Å². The second-order valence-corrected chi connectivity index (χ2v) is 15.4. The molecular weight excluding hydrogens is 739 g/mol. The molecule has 12 nitrogen and oxygen atoms in total. The molecule has 0 aliphatic carbocycles. The molecule has 6 aromatic rings. The fraction of sp³-hybridized carbons (Fsp3) is 0.213. The summed E-state index contributed by atoms with van der Waals surface area (Å²) >= 11 is 0. The van der Waals surface area contributed by atoms with E-state index in [1.165, 1.54) is 4.90 Å². The molecule has 2 aliphatic rings. The highest BCUT2D eigenvalue weighted by Crippen LogP contribution is 2.35. The van der Waals surface area contributed by atoms with Gasteiger partial charge in [-0.3, -0.25) is 29.4 Å². The van der Waals surface area contributed by atoms with Crippen LogP contribution in [0.5, 0.6) is 0 Å². The van der Waals surface area contributed by atoms with Crippen molar-refractivity contribution in [2.24, 2.45) is 10.9 Å². The average Bonchev–Trinajstić information content (AvgIpc) is 3.35. The highest BCUT2D eigenvalue weighted by Gasteiger charge is 2.34. The number of benzodiazepines with no additional fused rings is 1. The zero-order chi connectivity index (χ0) is 41.2. The minimum absolute atomic E-state index is 0.116. The van der Waals surface area contributed by atoms with Crippen molar-refractivity contribution in [1.29, 1.82) is 0 Å². The number of carbonyl (C=O) groups is 3. The van der Waals surface area contributed by atoms with Crippen LogP contribution in [0.15, 0.2) is 127 Å². The van der Waals surface area contributed by atoms with E-state index < -0.39 is 6.04 Å². The first-order chi connectivity index (χ1) is 28.5. The summed E-state index contributed by atoms with van der Waals surface area (Å²) in [5, 5.41) is 6.22. The van der Waals surface area contributed by atoms with E-state index in [4.69, 9.17) is 4.99 Å². The molecular formula is C47H45N9O3. The van der Waals surface area contributed by atoms with Crippen molar-refractivity contribution >= 4 is 58.1 Å². The number of nitrogens with zero attached hydrogens (tertiary/aromatic N) is 7. The third-order valence-corrected chi connectivity index (χ3v) is 10.5. The van der Waals surface area contributed by atoms with Crippen LogP contribution in [0.3, 0.4) is 0 Å². The summed E-state index contributed by atoms with van der Waals surface area (Å²) in [6, 6.07) is 33.6. The van der Waals surface area contributed by atoms with E-state index in [9.17, 15) is 14.4 Å². The maximum absolute atomic E-state index is 14.5. The van der Waals surface area contributed by atoms with E-state index in [0.29, 0.717) is 53.1 Å². The summed E-state index contributed by atoms with van der Waals surface area (Å²) in [5.74, 6) is 0.610. The van der Waals surface area contributed by atoms with Crippen LogP contribution >= 0.6 is 0 Å². The van der Waals surface area contributed by atoms with Crippen LogP contribution in [0, 0.1) is 19.8 Å². The summed E-state index contributed by atoms with van der Waals surface area (Å²) in [6.07, 6.45) is 4.00. The van der Waals surface area contributed by atoms with Gasteiger partial charge >= 0.3 is 6.03 Å². The quantitative estimate of drug-likeness (QED) is 0.142. The molecule has 2 aromatic heterocycles. The van der Waals surface area contributed by atoms with E-state index in [1.54, 1.807) is 47.4 Å². The van der Waals surface area contributed by atoms with Gasteiger partial charge in [-0.15, -0.1) is 0 Å². The first-order valence-electron chi connectivity index (χ1n) is 19.7. The molecule has 0 radical (unpaired) electrons. The van der Waals surface area contributed by atoms with Crippen molar-refractivity contribution in [2.75, 3.05) is 32.4 Å². The molecule has 8 rings (SSSR count). The molecule has 0 saturated heterocycles. The number of carbonyl (C=O) groups excluding carboxylic acids is 3. The normalized spacial score (nSPS) is 15.1. The van der Waals surface area contributed by atoms with Crippen LogP contribution in [0.1, 0.15) is 64.1 Å². The van der Waals surface area contributed by atoms with Gasteiger partial charge in [0.05, 0.1) is 42.1 Å². The molecule has 4 amide bonds. The molecule has 4 aromatic carbocycles. The Morgan fingerprint density at radius 1 is 0.831 bits per heavy atom. The van der Waals surface area contributed by atoms with Crippen molar-refractivity contribution in [3.05, 3.63) is 161 Å². The molecule has 0 fully saturated rings. The summed E-state index contributed by atoms with van der Waals surface area (Å²) in [6.45, 7) is 8.58. The lowest BCUT2D eigenvalue weighted by Crippen LogP contribution is -2.46. The molecule has 12 heteroatoms. The van der Waals surface area contributed by atoms with E-state index >= 15 is 0 Å². The molecule has 0 spiro atoms. The number of nitrogens with one attached hydrogen (secondary N) is 2. The Morgan fingerprint density at radius 3 is 2.31 bits per heavy atom. The van der Waals surface area contributed by atoms with Crippen molar-refractivity contribution in [2.45, 2.75) is 53.2 Å². The number of rotatable bonds is 10. The number of amides is 4. The third-order valence-electron chi connectivity index (χ3n) is 10.5. The van der Waals surface area contributed by atoms with Crippen molar-refractivity contribution in [3.8, 4) is 0 Å². The molecule has 0 saturated carbocycles. The lowest BCUT2D eigenvalue weighted by molar-refractivity contribution is -0.120. The number of pyridine rings is 1. The Balaban J connectivity index is 1.09. The van der Waals surface area contributed by atoms with E-state index in [-0.39, 0.29) is 30.3 Å². The molecule has 1 unspecified atom stereocenters. The number of hydrogen-bond acceptors (Lipinski definition) is 8. The molecule has 1 atom stereocenters. The van der Waals surface area contributed by atoms with Crippen LogP contribution in [0.25, 0.3) is 0 Å². The number of urea groups is 1. The Morgan fingerprint density at radius 2 is 1.58 bits per heavy atom. The van der Waals surface area contributed by atoms with Crippen molar-refractivity contribution in [3.63, 3.8) is 0 Å². The van der Waals surface area contributed by atoms with E-state index in [1.807, 2.05) is 105 Å². The zero-order valence-electron chi connectivity index (χ0n) is 33.7. The Hall–Kier alpha value is -7.21. The average molecular weight is 784 g/mol. The lowest BCUT2D eigenvalue weighted by Gasteiger charge is -2.35. The lowest BCUT2D eigenvalue weighted by atomic mass is 9.98. The fourth-order valence-corrected chi connectivity index (χ4v) is 7.44. The highest BCUT2D eigenvalue weighted by atomic mass is 16.2. The molecule has 0 bridgehead atoms. The largest absolute Gasteiger partial charge is 0.330 e. The first-order valence-corrected chi connectivity index (χ1v) is 19.7. The second kappa shape index (κ2) is 16.3. The highest BCUT2D eigenvalue weighted by molar-refractivity contribution is 6.21. The first kappa shape index (κ1) is 38.7. The van der Waals surface area contributed by atoms with Gasteiger partial charge in [0, 0.05) is 46.9 Å². The maximum Gasteiger partial charge on any atom is 0.330 e. The SMILES string of the molecule is Cc1ccc(Nc2ncc3c(n2)N(C)C(=O)N(c2cc(NC(=O)c4ccc5c(c4)N(Cc4ccccc4)C(=O)C(CC(C)C)N=C5c4ccccc4)ccc2C)C3)cn1. The summed E-state index contributed by atoms with van der Waals surface area (Å²) in [7, 11) is 1.68. The number of aliphatic imine (C=N–C) groups is 1. The van der Waals surface area contributed by atoms with Gasteiger partial charge in [0.1, 0.15) is 11.9 Å². The topological polar surface area (TPSA) is 136 Å². The zero-order valence-corrected chi connectivity index (χ0v) is 33.7. The number of aryl methyl sites for hydroxylation is 2. The van der Waals surface area contributed by atoms with Gasteiger partial charge in [-0.05, 0) is 79.8 Å². The molecule has 2 N–H and O–H groups in total.